The standard InChI is InChI=1S/C17H23NO4/c1-11(17(2,3)4)14-15(19)18(16(20)21)13(10-22-14)12-8-6-5-7-9-12/h5-9,11,13-14H,10H2,1-4H3,(H,20,21)/t11?,13-,14+/m0/s1. The van der Waals surface area contributed by atoms with Crippen molar-refractivity contribution in [1.29, 1.82) is 0 Å². The Labute approximate surface area is 130 Å². The summed E-state index contributed by atoms with van der Waals surface area (Å²) in [6.07, 6.45) is -1.95. The first-order chi connectivity index (χ1) is 10.2. The van der Waals surface area contributed by atoms with Gasteiger partial charge in [0.15, 0.2) is 0 Å². The number of hydrogen-bond donors (Lipinski definition) is 1. The maximum atomic E-state index is 12.7. The lowest BCUT2D eigenvalue weighted by Crippen LogP contribution is -2.55. The molecule has 0 aromatic heterocycles. The summed E-state index contributed by atoms with van der Waals surface area (Å²) >= 11 is 0. The van der Waals surface area contributed by atoms with Gasteiger partial charge in [0, 0.05) is 0 Å². The van der Waals surface area contributed by atoms with E-state index in [2.05, 4.69) is 0 Å². The Morgan fingerprint density at radius 3 is 2.41 bits per heavy atom. The van der Waals surface area contributed by atoms with Gasteiger partial charge in [-0.3, -0.25) is 4.79 Å². The van der Waals surface area contributed by atoms with Crippen LogP contribution < -0.4 is 0 Å². The van der Waals surface area contributed by atoms with Gasteiger partial charge in [-0.05, 0) is 16.9 Å². The molecule has 1 aromatic carbocycles. The van der Waals surface area contributed by atoms with Crippen LogP contribution in [0.5, 0.6) is 0 Å². The molecule has 1 aliphatic heterocycles. The summed E-state index contributed by atoms with van der Waals surface area (Å²) in [5, 5.41) is 9.49. The fraction of sp³-hybridized carbons (Fsp3) is 0.529. The van der Waals surface area contributed by atoms with Gasteiger partial charge in [-0.15, -0.1) is 0 Å². The smallest absolute Gasteiger partial charge is 0.414 e. The summed E-state index contributed by atoms with van der Waals surface area (Å²) in [5.74, 6) is -0.561. The van der Waals surface area contributed by atoms with Crippen molar-refractivity contribution in [2.24, 2.45) is 11.3 Å². The van der Waals surface area contributed by atoms with Crippen molar-refractivity contribution in [2.45, 2.75) is 39.8 Å². The molecule has 1 fully saturated rings. The number of imide groups is 1. The van der Waals surface area contributed by atoms with Gasteiger partial charge in [0.25, 0.3) is 5.91 Å². The average molecular weight is 305 g/mol. The Morgan fingerprint density at radius 1 is 1.32 bits per heavy atom. The first kappa shape index (κ1) is 16.5. The molecule has 0 saturated carbocycles. The number of benzene rings is 1. The number of carboxylic acid groups (broad SMARTS) is 1. The lowest BCUT2D eigenvalue weighted by Gasteiger charge is -2.41. The first-order valence-electron chi connectivity index (χ1n) is 7.46. The minimum atomic E-state index is -1.23. The third-order valence-corrected chi connectivity index (χ3v) is 4.44. The van der Waals surface area contributed by atoms with Gasteiger partial charge < -0.3 is 9.84 Å². The second-order valence-corrected chi connectivity index (χ2v) is 6.83. The highest BCUT2D eigenvalue weighted by molar-refractivity contribution is 5.95. The van der Waals surface area contributed by atoms with Crippen LogP contribution in [0.15, 0.2) is 30.3 Å². The number of carbonyl (C=O) groups is 2. The third kappa shape index (κ3) is 3.14. The van der Waals surface area contributed by atoms with Crippen LogP contribution in [0, 0.1) is 11.3 Å². The Kier molecular flexibility index (Phi) is 4.56. The van der Waals surface area contributed by atoms with E-state index in [-0.39, 0.29) is 17.9 Å². The molecule has 1 saturated heterocycles. The van der Waals surface area contributed by atoms with Crippen LogP contribution in [0.1, 0.15) is 39.3 Å². The summed E-state index contributed by atoms with van der Waals surface area (Å²) in [7, 11) is 0. The van der Waals surface area contributed by atoms with Crippen LogP contribution in [0.4, 0.5) is 4.79 Å². The van der Waals surface area contributed by atoms with Gasteiger partial charge in [0.2, 0.25) is 0 Å². The fourth-order valence-corrected chi connectivity index (χ4v) is 2.59. The van der Waals surface area contributed by atoms with Crippen molar-refractivity contribution in [3.8, 4) is 0 Å². The monoisotopic (exact) mass is 305 g/mol. The van der Waals surface area contributed by atoms with Gasteiger partial charge in [-0.25, -0.2) is 9.69 Å². The van der Waals surface area contributed by atoms with Gasteiger partial charge in [0.1, 0.15) is 6.10 Å². The van der Waals surface area contributed by atoms with Crippen LogP contribution in [0.3, 0.4) is 0 Å². The van der Waals surface area contributed by atoms with Crippen molar-refractivity contribution in [3.05, 3.63) is 35.9 Å². The summed E-state index contributed by atoms with van der Waals surface area (Å²) in [5.41, 5.74) is 0.615. The SMILES string of the molecule is CC([C@H]1OC[C@@H](c2ccccc2)N(C(=O)O)C1=O)C(C)(C)C. The molecule has 2 rings (SSSR count). The Hall–Kier alpha value is -1.88. The van der Waals surface area contributed by atoms with Crippen molar-refractivity contribution in [1.82, 2.24) is 4.90 Å². The van der Waals surface area contributed by atoms with E-state index in [0.717, 1.165) is 10.5 Å². The maximum Gasteiger partial charge on any atom is 0.414 e. The molecule has 2 amide bonds. The normalized spacial score (nSPS) is 24.2. The lowest BCUT2D eigenvalue weighted by molar-refractivity contribution is -0.164. The van der Waals surface area contributed by atoms with E-state index in [1.54, 1.807) is 0 Å². The van der Waals surface area contributed by atoms with E-state index in [0.29, 0.717) is 0 Å². The van der Waals surface area contributed by atoms with Gasteiger partial charge in [-0.2, -0.15) is 0 Å². The zero-order valence-electron chi connectivity index (χ0n) is 13.4. The zero-order valence-corrected chi connectivity index (χ0v) is 13.4. The van der Waals surface area contributed by atoms with E-state index in [1.807, 2.05) is 58.0 Å². The van der Waals surface area contributed by atoms with E-state index in [4.69, 9.17) is 4.74 Å². The quantitative estimate of drug-likeness (QED) is 0.910. The molecule has 1 aromatic rings. The van der Waals surface area contributed by atoms with E-state index < -0.39 is 24.1 Å². The van der Waals surface area contributed by atoms with Crippen LogP contribution in [-0.2, 0) is 9.53 Å². The third-order valence-electron chi connectivity index (χ3n) is 4.44. The maximum absolute atomic E-state index is 12.7. The van der Waals surface area contributed by atoms with Crippen molar-refractivity contribution in [3.63, 3.8) is 0 Å². The second kappa shape index (κ2) is 6.08. The molecule has 120 valence electrons. The van der Waals surface area contributed by atoms with E-state index in [1.165, 1.54) is 0 Å². The predicted octanol–water partition coefficient (Wildman–Crippen LogP) is 3.32. The van der Waals surface area contributed by atoms with Crippen molar-refractivity contribution in [2.75, 3.05) is 6.61 Å². The van der Waals surface area contributed by atoms with Gasteiger partial charge >= 0.3 is 6.09 Å². The highest BCUT2D eigenvalue weighted by Crippen LogP contribution is 2.35. The molecule has 0 aliphatic carbocycles. The number of nitrogens with zero attached hydrogens (tertiary/aromatic N) is 1. The lowest BCUT2D eigenvalue weighted by atomic mass is 9.77. The largest absolute Gasteiger partial charge is 0.465 e. The molecular weight excluding hydrogens is 282 g/mol. The van der Waals surface area contributed by atoms with Gasteiger partial charge in [0.05, 0.1) is 12.6 Å². The van der Waals surface area contributed by atoms with Crippen LogP contribution in [0.2, 0.25) is 0 Å². The topological polar surface area (TPSA) is 66.8 Å². The number of ether oxygens (including phenoxy) is 1. The molecular formula is C17H23NO4. The fourth-order valence-electron chi connectivity index (χ4n) is 2.59. The highest BCUT2D eigenvalue weighted by Gasteiger charge is 2.45. The molecule has 3 atom stereocenters. The molecule has 5 heteroatoms. The summed E-state index contributed by atoms with van der Waals surface area (Å²) in [6, 6.07) is 8.53. The number of hydrogen-bond acceptors (Lipinski definition) is 3. The molecule has 22 heavy (non-hydrogen) atoms. The summed E-state index contributed by atoms with van der Waals surface area (Å²) in [6.45, 7) is 8.16. The molecule has 1 heterocycles. The van der Waals surface area contributed by atoms with Crippen LogP contribution >= 0.6 is 0 Å². The number of amides is 2. The Morgan fingerprint density at radius 2 is 1.91 bits per heavy atom. The highest BCUT2D eigenvalue weighted by atomic mass is 16.5. The molecule has 1 aliphatic rings. The zero-order chi connectivity index (χ0) is 16.5. The van der Waals surface area contributed by atoms with Gasteiger partial charge in [-0.1, -0.05) is 58.0 Å². The van der Waals surface area contributed by atoms with Crippen molar-refractivity contribution < 1.29 is 19.4 Å². The first-order valence-corrected chi connectivity index (χ1v) is 7.46. The number of rotatable bonds is 2. The number of morpholine rings is 1. The molecule has 5 nitrogen and oxygen atoms in total. The van der Waals surface area contributed by atoms with Crippen LogP contribution in [0.25, 0.3) is 0 Å². The Balaban J connectivity index is 2.30. The molecule has 0 spiro atoms. The summed E-state index contributed by atoms with van der Waals surface area (Å²) in [4.78, 5) is 25.2. The van der Waals surface area contributed by atoms with E-state index >= 15 is 0 Å². The van der Waals surface area contributed by atoms with Crippen LogP contribution in [-0.4, -0.2) is 34.7 Å². The van der Waals surface area contributed by atoms with Crippen molar-refractivity contribution >= 4 is 12.0 Å². The molecule has 1 unspecified atom stereocenters. The minimum absolute atomic E-state index is 0.0847. The minimum Gasteiger partial charge on any atom is -0.465 e. The average Bonchev–Trinajstić information content (AvgIpc) is 2.45. The Bertz CT molecular complexity index is 550. The van der Waals surface area contributed by atoms with E-state index in [9.17, 15) is 14.7 Å². The predicted molar refractivity (Wildman–Crippen MR) is 82.4 cm³/mol. The number of carbonyl (C=O) groups excluding carboxylic acids is 1. The molecule has 0 bridgehead atoms. The summed E-state index contributed by atoms with van der Waals surface area (Å²) < 4.78 is 5.77. The molecule has 1 N–H and O–H groups in total. The molecule has 0 radical (unpaired) electrons. The second-order valence-electron chi connectivity index (χ2n) is 6.83.